The average molecular weight is 453 g/mol. The van der Waals surface area contributed by atoms with Crippen LogP contribution < -0.4 is 14.8 Å². The molecule has 4 rings (SSSR count). The van der Waals surface area contributed by atoms with E-state index in [4.69, 9.17) is 9.47 Å². The van der Waals surface area contributed by atoms with Gasteiger partial charge in [0.1, 0.15) is 16.5 Å². The number of carbonyl (C=O) groups is 2. The molecular formula is C23H24N4O4S. The number of nitrogens with zero attached hydrogens (tertiary/aromatic N) is 3. The van der Waals surface area contributed by atoms with Gasteiger partial charge in [-0.3, -0.25) is 9.59 Å². The van der Waals surface area contributed by atoms with E-state index < -0.39 is 0 Å². The first-order chi connectivity index (χ1) is 15.5. The van der Waals surface area contributed by atoms with Gasteiger partial charge in [-0.15, -0.1) is 10.2 Å². The molecule has 8 nitrogen and oxygen atoms in total. The third-order valence-corrected chi connectivity index (χ3v) is 6.36. The van der Waals surface area contributed by atoms with Crippen molar-refractivity contribution >= 4 is 28.8 Å². The van der Waals surface area contributed by atoms with E-state index in [2.05, 4.69) is 15.5 Å². The van der Waals surface area contributed by atoms with Gasteiger partial charge in [0.05, 0.1) is 20.3 Å². The molecule has 1 aliphatic heterocycles. The molecule has 2 aromatic carbocycles. The number of benzene rings is 2. The first kappa shape index (κ1) is 21.8. The SMILES string of the molecule is COc1cc(OC)cc(C(=O)N2CCC[C@H]2c2nnc(C(=O)Nc3ccc(C)cc3)s2)c1. The molecule has 2 amide bonds. The molecule has 0 saturated carbocycles. The highest BCUT2D eigenvalue weighted by molar-refractivity contribution is 7.13. The molecule has 0 bridgehead atoms. The Hall–Kier alpha value is -3.46. The van der Waals surface area contributed by atoms with Gasteiger partial charge in [-0.25, -0.2) is 0 Å². The fourth-order valence-corrected chi connectivity index (χ4v) is 4.53. The number of hydrogen-bond acceptors (Lipinski definition) is 7. The Balaban J connectivity index is 1.51. The predicted octanol–water partition coefficient (Wildman–Crippen LogP) is 4.09. The highest BCUT2D eigenvalue weighted by Gasteiger charge is 2.34. The van der Waals surface area contributed by atoms with Crippen molar-refractivity contribution in [2.75, 3.05) is 26.1 Å². The molecule has 1 atom stereocenters. The van der Waals surface area contributed by atoms with Crippen LogP contribution in [0.25, 0.3) is 0 Å². The van der Waals surface area contributed by atoms with Gasteiger partial charge in [-0.2, -0.15) is 0 Å². The van der Waals surface area contributed by atoms with Crippen LogP contribution >= 0.6 is 11.3 Å². The molecule has 1 saturated heterocycles. The van der Waals surface area contributed by atoms with Crippen molar-refractivity contribution in [1.29, 1.82) is 0 Å². The van der Waals surface area contributed by atoms with E-state index in [1.807, 2.05) is 31.2 Å². The number of rotatable bonds is 6. The van der Waals surface area contributed by atoms with Crippen molar-refractivity contribution < 1.29 is 19.1 Å². The lowest BCUT2D eigenvalue weighted by atomic mass is 10.1. The molecule has 0 aliphatic carbocycles. The monoisotopic (exact) mass is 452 g/mol. The number of ether oxygens (including phenoxy) is 2. The van der Waals surface area contributed by atoms with Crippen LogP contribution in [0.15, 0.2) is 42.5 Å². The summed E-state index contributed by atoms with van der Waals surface area (Å²) in [4.78, 5) is 27.6. The molecule has 9 heteroatoms. The zero-order valence-corrected chi connectivity index (χ0v) is 18.9. The van der Waals surface area contributed by atoms with Gasteiger partial charge in [0, 0.05) is 23.9 Å². The van der Waals surface area contributed by atoms with Crippen LogP contribution in [0.1, 0.15) is 49.6 Å². The molecule has 166 valence electrons. The fraction of sp³-hybridized carbons (Fsp3) is 0.304. The van der Waals surface area contributed by atoms with Crippen LogP contribution in [0, 0.1) is 6.92 Å². The quantitative estimate of drug-likeness (QED) is 0.605. The summed E-state index contributed by atoms with van der Waals surface area (Å²) in [5.74, 6) is 0.653. The lowest BCUT2D eigenvalue weighted by molar-refractivity contribution is 0.0734. The van der Waals surface area contributed by atoms with Crippen molar-refractivity contribution in [2.24, 2.45) is 0 Å². The molecule has 0 unspecified atom stereocenters. The van der Waals surface area contributed by atoms with E-state index in [0.717, 1.165) is 18.4 Å². The Morgan fingerprint density at radius 2 is 1.75 bits per heavy atom. The minimum Gasteiger partial charge on any atom is -0.497 e. The topological polar surface area (TPSA) is 93.7 Å². The number of aryl methyl sites for hydroxylation is 1. The summed E-state index contributed by atoms with van der Waals surface area (Å²) in [7, 11) is 3.10. The summed E-state index contributed by atoms with van der Waals surface area (Å²) < 4.78 is 10.6. The Bertz CT molecular complexity index is 1110. The van der Waals surface area contributed by atoms with Crippen molar-refractivity contribution in [3.8, 4) is 11.5 Å². The van der Waals surface area contributed by atoms with Gasteiger partial charge in [0.15, 0.2) is 0 Å². The Morgan fingerprint density at radius 1 is 1.06 bits per heavy atom. The van der Waals surface area contributed by atoms with E-state index in [9.17, 15) is 9.59 Å². The number of methoxy groups -OCH3 is 2. The summed E-state index contributed by atoms with van der Waals surface area (Å²) in [5, 5.41) is 12.1. The number of amides is 2. The maximum atomic E-state index is 13.3. The summed E-state index contributed by atoms with van der Waals surface area (Å²) in [5.41, 5.74) is 2.29. The number of aromatic nitrogens is 2. The first-order valence-corrected chi connectivity index (χ1v) is 11.1. The van der Waals surface area contributed by atoms with Crippen LogP contribution in [0.3, 0.4) is 0 Å². The fourth-order valence-electron chi connectivity index (χ4n) is 3.65. The lowest BCUT2D eigenvalue weighted by Gasteiger charge is -2.23. The molecule has 1 aromatic heterocycles. The molecule has 1 N–H and O–H groups in total. The average Bonchev–Trinajstić information content (AvgIpc) is 3.49. The van der Waals surface area contributed by atoms with Gasteiger partial charge < -0.3 is 19.7 Å². The van der Waals surface area contributed by atoms with Crippen molar-refractivity contribution in [3.05, 3.63) is 63.6 Å². The maximum absolute atomic E-state index is 13.3. The van der Waals surface area contributed by atoms with E-state index >= 15 is 0 Å². The summed E-state index contributed by atoms with van der Waals surface area (Å²) in [6.45, 7) is 2.59. The summed E-state index contributed by atoms with van der Waals surface area (Å²) in [6.07, 6.45) is 1.61. The van der Waals surface area contributed by atoms with Crippen LogP contribution in [-0.4, -0.2) is 47.7 Å². The lowest BCUT2D eigenvalue weighted by Crippen LogP contribution is -2.30. The largest absolute Gasteiger partial charge is 0.497 e. The number of nitrogens with one attached hydrogen (secondary N) is 1. The second-order valence-corrected chi connectivity index (χ2v) is 8.53. The molecule has 2 heterocycles. The zero-order chi connectivity index (χ0) is 22.7. The molecule has 32 heavy (non-hydrogen) atoms. The third-order valence-electron chi connectivity index (χ3n) is 5.34. The van der Waals surface area contributed by atoms with Gasteiger partial charge in [0.25, 0.3) is 11.8 Å². The van der Waals surface area contributed by atoms with E-state index in [0.29, 0.717) is 34.3 Å². The molecular weight excluding hydrogens is 428 g/mol. The highest BCUT2D eigenvalue weighted by Crippen LogP contribution is 2.35. The normalized spacial score (nSPS) is 15.5. The summed E-state index contributed by atoms with van der Waals surface area (Å²) in [6, 6.07) is 12.4. The number of likely N-dealkylation sites (tertiary alicyclic amines) is 1. The first-order valence-electron chi connectivity index (χ1n) is 10.2. The van der Waals surface area contributed by atoms with Crippen LogP contribution in [0.5, 0.6) is 11.5 Å². The Morgan fingerprint density at radius 3 is 2.41 bits per heavy atom. The van der Waals surface area contributed by atoms with Crippen molar-refractivity contribution in [3.63, 3.8) is 0 Å². The molecule has 1 aliphatic rings. The van der Waals surface area contributed by atoms with E-state index in [1.165, 1.54) is 11.3 Å². The molecule has 0 radical (unpaired) electrons. The Kier molecular flexibility index (Phi) is 6.36. The maximum Gasteiger partial charge on any atom is 0.286 e. The van der Waals surface area contributed by atoms with Gasteiger partial charge in [0.2, 0.25) is 5.01 Å². The van der Waals surface area contributed by atoms with Gasteiger partial charge >= 0.3 is 0 Å². The van der Waals surface area contributed by atoms with Gasteiger partial charge in [-0.1, -0.05) is 29.0 Å². The minimum absolute atomic E-state index is 0.134. The molecule has 1 fully saturated rings. The van der Waals surface area contributed by atoms with Crippen LogP contribution in [-0.2, 0) is 0 Å². The highest BCUT2D eigenvalue weighted by atomic mass is 32.1. The predicted molar refractivity (Wildman–Crippen MR) is 122 cm³/mol. The van der Waals surface area contributed by atoms with Crippen LogP contribution in [0.2, 0.25) is 0 Å². The number of anilines is 1. The number of hydrogen-bond donors (Lipinski definition) is 1. The van der Waals surface area contributed by atoms with Crippen molar-refractivity contribution in [2.45, 2.75) is 25.8 Å². The zero-order valence-electron chi connectivity index (χ0n) is 18.1. The Labute approximate surface area is 190 Å². The summed E-state index contributed by atoms with van der Waals surface area (Å²) >= 11 is 1.21. The number of carbonyl (C=O) groups excluding carboxylic acids is 2. The van der Waals surface area contributed by atoms with E-state index in [1.54, 1.807) is 37.3 Å². The smallest absolute Gasteiger partial charge is 0.286 e. The third kappa shape index (κ3) is 4.57. The van der Waals surface area contributed by atoms with E-state index in [-0.39, 0.29) is 22.9 Å². The second kappa shape index (κ2) is 9.35. The van der Waals surface area contributed by atoms with Crippen LogP contribution in [0.4, 0.5) is 5.69 Å². The van der Waals surface area contributed by atoms with Gasteiger partial charge in [-0.05, 0) is 44.0 Å². The second-order valence-electron chi connectivity index (χ2n) is 7.52. The minimum atomic E-state index is -0.314. The van der Waals surface area contributed by atoms with Crippen molar-refractivity contribution in [1.82, 2.24) is 15.1 Å². The molecule has 0 spiro atoms. The standard InChI is InChI=1S/C23H24N4O4S/c1-14-6-8-16(9-7-14)24-20(28)22-26-25-21(32-22)19-5-4-10-27(19)23(29)15-11-17(30-2)13-18(12-15)31-3/h6-9,11-13,19H,4-5,10H2,1-3H3,(H,24,28)/t19-/m0/s1. The molecule has 3 aromatic rings.